The molecule has 8 heteroatoms. The summed E-state index contributed by atoms with van der Waals surface area (Å²) in [6.45, 7) is 1.10. The number of likely N-dealkylation sites (tertiary alicyclic amines) is 1. The van der Waals surface area contributed by atoms with Crippen LogP contribution >= 0.6 is 11.6 Å². The molecule has 1 aromatic heterocycles. The lowest BCUT2D eigenvalue weighted by atomic mass is 10.1. The van der Waals surface area contributed by atoms with Gasteiger partial charge in [-0.1, -0.05) is 11.6 Å². The van der Waals surface area contributed by atoms with E-state index in [0.29, 0.717) is 35.4 Å². The molecule has 1 aromatic carbocycles. The summed E-state index contributed by atoms with van der Waals surface area (Å²) in [5.74, 6) is 1.06. The summed E-state index contributed by atoms with van der Waals surface area (Å²) in [5, 5.41) is 0.580. The third-order valence-electron chi connectivity index (χ3n) is 4.58. The number of Topliss-reactive ketones (excluding diaryl/α,β-unsaturated/α-hetero) is 1. The first-order valence-electron chi connectivity index (χ1n) is 9.15. The molecule has 1 unspecified atom stereocenters. The average molecular weight is 403 g/mol. The van der Waals surface area contributed by atoms with E-state index in [4.69, 9.17) is 16.3 Å². The van der Waals surface area contributed by atoms with Crippen molar-refractivity contribution in [3.8, 4) is 5.88 Å². The number of halogens is 1. The lowest BCUT2D eigenvalue weighted by Gasteiger charge is -2.17. The van der Waals surface area contributed by atoms with Gasteiger partial charge in [0, 0.05) is 50.5 Å². The minimum absolute atomic E-state index is 0.0402. The molecule has 0 bridgehead atoms. The van der Waals surface area contributed by atoms with Gasteiger partial charge in [-0.05, 0) is 24.3 Å². The number of nitrogens with zero attached hydrogens (tertiary/aromatic N) is 4. The SMILES string of the molecule is CN(C)c1cncc(OC2CCN(C(=O)CCC(=O)c3ccc(Cl)cc3)C2)n1. The van der Waals surface area contributed by atoms with Gasteiger partial charge in [0.1, 0.15) is 6.10 Å². The maximum absolute atomic E-state index is 12.4. The molecule has 0 radical (unpaired) electrons. The molecule has 1 saturated heterocycles. The van der Waals surface area contributed by atoms with Gasteiger partial charge in [-0.3, -0.25) is 14.6 Å². The highest BCUT2D eigenvalue weighted by Gasteiger charge is 2.28. The molecular weight excluding hydrogens is 380 g/mol. The zero-order chi connectivity index (χ0) is 20.1. The Hall–Kier alpha value is -2.67. The number of amides is 1. The van der Waals surface area contributed by atoms with Crippen LogP contribution in [0.3, 0.4) is 0 Å². The van der Waals surface area contributed by atoms with Crippen molar-refractivity contribution in [2.75, 3.05) is 32.1 Å². The van der Waals surface area contributed by atoms with Crippen molar-refractivity contribution in [3.63, 3.8) is 0 Å². The van der Waals surface area contributed by atoms with Crippen molar-refractivity contribution in [1.29, 1.82) is 0 Å². The van der Waals surface area contributed by atoms with E-state index in [1.807, 2.05) is 19.0 Å². The third kappa shape index (κ3) is 5.19. The van der Waals surface area contributed by atoms with Gasteiger partial charge in [0.15, 0.2) is 11.6 Å². The standard InChI is InChI=1S/C20H23ClN4O3/c1-24(2)18-11-22-12-19(23-18)28-16-9-10-25(13-16)20(27)8-7-17(26)14-3-5-15(21)6-4-14/h3-6,11-12,16H,7-10,13H2,1-2H3. The monoisotopic (exact) mass is 402 g/mol. The molecule has 1 aliphatic heterocycles. The number of hydrogen-bond acceptors (Lipinski definition) is 6. The quantitative estimate of drug-likeness (QED) is 0.663. The molecule has 0 N–H and O–H groups in total. The number of ketones is 1. The first-order chi connectivity index (χ1) is 13.4. The topological polar surface area (TPSA) is 75.6 Å². The van der Waals surface area contributed by atoms with Crippen LogP contribution in [0.5, 0.6) is 5.88 Å². The predicted molar refractivity (Wildman–Crippen MR) is 107 cm³/mol. The Bertz CT molecular complexity index is 842. The van der Waals surface area contributed by atoms with Gasteiger partial charge >= 0.3 is 0 Å². The van der Waals surface area contributed by atoms with Crippen LogP contribution in [0, 0.1) is 0 Å². The molecule has 1 amide bonds. The zero-order valence-corrected chi connectivity index (χ0v) is 16.7. The maximum Gasteiger partial charge on any atom is 0.234 e. The summed E-state index contributed by atoms with van der Waals surface area (Å²) in [5.41, 5.74) is 0.569. The van der Waals surface area contributed by atoms with E-state index in [2.05, 4.69) is 9.97 Å². The smallest absolute Gasteiger partial charge is 0.234 e. The Morgan fingerprint density at radius 1 is 1.21 bits per heavy atom. The number of anilines is 1. The summed E-state index contributed by atoms with van der Waals surface area (Å²) in [6, 6.07) is 6.70. The average Bonchev–Trinajstić information content (AvgIpc) is 3.15. The molecule has 148 valence electrons. The van der Waals surface area contributed by atoms with Crippen LogP contribution in [-0.2, 0) is 4.79 Å². The minimum Gasteiger partial charge on any atom is -0.471 e. The lowest BCUT2D eigenvalue weighted by Crippen LogP contribution is -2.31. The van der Waals surface area contributed by atoms with Crippen LogP contribution in [0.4, 0.5) is 5.82 Å². The van der Waals surface area contributed by atoms with Crippen molar-refractivity contribution in [2.24, 2.45) is 0 Å². The van der Waals surface area contributed by atoms with Crippen LogP contribution in [-0.4, -0.2) is 59.8 Å². The summed E-state index contributed by atoms with van der Waals surface area (Å²) in [7, 11) is 3.77. The normalized spacial score (nSPS) is 16.1. The van der Waals surface area contributed by atoms with Gasteiger partial charge < -0.3 is 14.5 Å². The lowest BCUT2D eigenvalue weighted by molar-refractivity contribution is -0.130. The van der Waals surface area contributed by atoms with Crippen LogP contribution in [0.25, 0.3) is 0 Å². The van der Waals surface area contributed by atoms with Crippen molar-refractivity contribution in [1.82, 2.24) is 14.9 Å². The van der Waals surface area contributed by atoms with Crippen molar-refractivity contribution >= 4 is 29.1 Å². The van der Waals surface area contributed by atoms with Crippen molar-refractivity contribution in [3.05, 3.63) is 47.2 Å². The third-order valence-corrected chi connectivity index (χ3v) is 4.83. The van der Waals surface area contributed by atoms with Gasteiger partial charge in [0.05, 0.1) is 18.9 Å². The molecule has 0 aliphatic carbocycles. The molecule has 28 heavy (non-hydrogen) atoms. The van der Waals surface area contributed by atoms with Crippen LogP contribution in [0.15, 0.2) is 36.7 Å². The van der Waals surface area contributed by atoms with E-state index in [9.17, 15) is 9.59 Å². The summed E-state index contributed by atoms with van der Waals surface area (Å²) in [4.78, 5) is 36.8. The maximum atomic E-state index is 12.4. The molecule has 1 fully saturated rings. The highest BCUT2D eigenvalue weighted by atomic mass is 35.5. The summed E-state index contributed by atoms with van der Waals surface area (Å²) < 4.78 is 5.88. The van der Waals surface area contributed by atoms with Crippen molar-refractivity contribution < 1.29 is 14.3 Å². The number of hydrogen-bond donors (Lipinski definition) is 0. The Labute approximate surface area is 169 Å². The molecule has 2 heterocycles. The van der Waals surface area contributed by atoms with Crippen LogP contribution in [0.1, 0.15) is 29.6 Å². The number of rotatable bonds is 7. The number of carbonyl (C=O) groups excluding carboxylic acids is 2. The van der Waals surface area contributed by atoms with Crippen LogP contribution < -0.4 is 9.64 Å². The van der Waals surface area contributed by atoms with E-state index < -0.39 is 0 Å². The van der Waals surface area contributed by atoms with Gasteiger partial charge in [-0.25, -0.2) is 0 Å². The second kappa shape index (κ2) is 9.01. The molecular formula is C20H23ClN4O3. The minimum atomic E-state index is -0.123. The molecule has 3 rings (SSSR count). The Balaban J connectivity index is 1.48. The molecule has 7 nitrogen and oxygen atoms in total. The number of carbonyl (C=O) groups is 2. The zero-order valence-electron chi connectivity index (χ0n) is 16.0. The van der Waals surface area contributed by atoms with Gasteiger partial charge in [0.25, 0.3) is 0 Å². The largest absolute Gasteiger partial charge is 0.471 e. The molecule has 0 spiro atoms. The molecule has 1 aliphatic rings. The molecule has 0 saturated carbocycles. The number of ether oxygens (including phenoxy) is 1. The van der Waals surface area contributed by atoms with Gasteiger partial charge in [0.2, 0.25) is 11.8 Å². The summed E-state index contributed by atoms with van der Waals surface area (Å²) >= 11 is 5.83. The van der Waals surface area contributed by atoms with E-state index in [-0.39, 0.29) is 30.6 Å². The highest BCUT2D eigenvalue weighted by Crippen LogP contribution is 2.19. The van der Waals surface area contributed by atoms with Crippen molar-refractivity contribution in [2.45, 2.75) is 25.4 Å². The first-order valence-corrected chi connectivity index (χ1v) is 9.53. The van der Waals surface area contributed by atoms with E-state index in [1.165, 1.54) is 0 Å². The van der Waals surface area contributed by atoms with Crippen LogP contribution in [0.2, 0.25) is 5.02 Å². The van der Waals surface area contributed by atoms with E-state index >= 15 is 0 Å². The fourth-order valence-electron chi connectivity index (χ4n) is 2.99. The fraction of sp³-hybridized carbons (Fsp3) is 0.400. The van der Waals surface area contributed by atoms with E-state index in [1.54, 1.807) is 41.6 Å². The number of benzene rings is 1. The number of aromatic nitrogens is 2. The second-order valence-corrected chi connectivity index (χ2v) is 7.34. The first kappa shape index (κ1) is 20.1. The Morgan fingerprint density at radius 3 is 2.68 bits per heavy atom. The van der Waals surface area contributed by atoms with Gasteiger partial charge in [-0.2, -0.15) is 4.98 Å². The molecule has 2 aromatic rings. The Morgan fingerprint density at radius 2 is 1.96 bits per heavy atom. The van der Waals surface area contributed by atoms with E-state index in [0.717, 1.165) is 6.42 Å². The van der Waals surface area contributed by atoms with Gasteiger partial charge in [-0.15, -0.1) is 0 Å². The Kier molecular flexibility index (Phi) is 6.46. The fourth-order valence-corrected chi connectivity index (χ4v) is 3.12. The second-order valence-electron chi connectivity index (χ2n) is 6.91. The molecule has 1 atom stereocenters. The highest BCUT2D eigenvalue weighted by molar-refractivity contribution is 6.30. The predicted octanol–water partition coefficient (Wildman–Crippen LogP) is 2.84. The summed E-state index contributed by atoms with van der Waals surface area (Å²) in [6.07, 6.45) is 4.20.